The number of aliphatic hydroxyl groups is 1. The summed E-state index contributed by atoms with van der Waals surface area (Å²) < 4.78 is 10.7. The molecule has 1 aliphatic rings. The third-order valence-corrected chi connectivity index (χ3v) is 3.73. The van der Waals surface area contributed by atoms with Crippen LogP contribution in [0, 0.1) is 0 Å². The van der Waals surface area contributed by atoms with Gasteiger partial charge in [-0.05, 0) is 12.0 Å². The van der Waals surface area contributed by atoms with Crippen LogP contribution in [0.1, 0.15) is 39.7 Å². The molecule has 0 aliphatic carbocycles. The van der Waals surface area contributed by atoms with E-state index in [2.05, 4.69) is 11.3 Å². The van der Waals surface area contributed by atoms with Crippen LogP contribution in [0.15, 0.2) is 11.4 Å². The smallest absolute Gasteiger partial charge is 0.340 e. The van der Waals surface area contributed by atoms with Gasteiger partial charge in [-0.1, -0.05) is 12.7 Å². The van der Waals surface area contributed by atoms with E-state index >= 15 is 0 Å². The Labute approximate surface area is 126 Å². The number of rotatable bonds is 4. The number of aromatic nitrogens is 1. The maximum Gasteiger partial charge on any atom is 0.340 e. The Morgan fingerprint density at radius 2 is 2.09 bits per heavy atom. The lowest BCUT2D eigenvalue weighted by Crippen LogP contribution is -2.29. The predicted octanol–water partition coefficient (Wildman–Crippen LogP) is 0.430. The monoisotopic (exact) mass is 307 g/mol. The van der Waals surface area contributed by atoms with E-state index in [1.807, 2.05) is 0 Å². The number of ether oxygens (including phenoxy) is 2. The number of aliphatic hydroxyl groups excluding tert-OH is 1. The van der Waals surface area contributed by atoms with Crippen molar-refractivity contribution < 1.29 is 24.2 Å². The van der Waals surface area contributed by atoms with E-state index in [9.17, 15) is 19.5 Å². The fraction of sp³-hybridized carbons (Fsp3) is 0.400. The summed E-state index contributed by atoms with van der Waals surface area (Å²) in [5.41, 5.74) is 0.136. The van der Waals surface area contributed by atoms with Crippen molar-refractivity contribution in [3.8, 4) is 0 Å². The molecule has 0 spiro atoms. The van der Waals surface area contributed by atoms with Crippen molar-refractivity contribution in [3.63, 3.8) is 0 Å². The van der Waals surface area contributed by atoms with E-state index in [0.717, 1.165) is 0 Å². The SMILES string of the molecule is C=Cc1c(CC(=O)OC)c(C(=O)OC)c2n(c1=O)CCC2O. The van der Waals surface area contributed by atoms with Crippen molar-refractivity contribution in [2.24, 2.45) is 0 Å². The summed E-state index contributed by atoms with van der Waals surface area (Å²) in [6.45, 7) is 3.87. The first kappa shape index (κ1) is 16.0. The Bertz CT molecular complexity index is 703. The van der Waals surface area contributed by atoms with Crippen LogP contribution in [-0.2, 0) is 27.2 Å². The molecule has 0 fully saturated rings. The zero-order valence-corrected chi connectivity index (χ0v) is 12.4. The van der Waals surface area contributed by atoms with Crippen molar-refractivity contribution >= 4 is 18.0 Å². The fourth-order valence-electron chi connectivity index (χ4n) is 2.71. The molecule has 0 saturated heterocycles. The van der Waals surface area contributed by atoms with E-state index in [0.29, 0.717) is 13.0 Å². The summed E-state index contributed by atoms with van der Waals surface area (Å²) in [5.74, 6) is -1.32. The molecule has 0 radical (unpaired) electrons. The third kappa shape index (κ3) is 2.43. The van der Waals surface area contributed by atoms with Crippen LogP contribution in [-0.4, -0.2) is 35.8 Å². The van der Waals surface area contributed by atoms with Crippen molar-refractivity contribution in [1.82, 2.24) is 4.57 Å². The molecule has 22 heavy (non-hydrogen) atoms. The predicted molar refractivity (Wildman–Crippen MR) is 77.4 cm³/mol. The Balaban J connectivity index is 2.84. The maximum absolute atomic E-state index is 12.5. The molecule has 1 unspecified atom stereocenters. The second kappa shape index (κ2) is 6.15. The molecule has 1 N–H and O–H groups in total. The van der Waals surface area contributed by atoms with Gasteiger partial charge in [0.1, 0.15) is 0 Å². The van der Waals surface area contributed by atoms with Gasteiger partial charge in [-0.2, -0.15) is 0 Å². The third-order valence-electron chi connectivity index (χ3n) is 3.73. The van der Waals surface area contributed by atoms with Crippen LogP contribution in [0.3, 0.4) is 0 Å². The van der Waals surface area contributed by atoms with E-state index in [4.69, 9.17) is 4.74 Å². The summed E-state index contributed by atoms with van der Waals surface area (Å²) in [6, 6.07) is 0. The highest BCUT2D eigenvalue weighted by molar-refractivity contribution is 5.95. The number of methoxy groups -OCH3 is 2. The number of fused-ring (bicyclic) bond motifs is 1. The molecular formula is C15H17NO6. The zero-order valence-electron chi connectivity index (χ0n) is 12.4. The van der Waals surface area contributed by atoms with Gasteiger partial charge < -0.3 is 19.1 Å². The molecule has 0 aromatic carbocycles. The van der Waals surface area contributed by atoms with Crippen LogP contribution in [0.5, 0.6) is 0 Å². The normalized spacial score (nSPS) is 16.0. The highest BCUT2D eigenvalue weighted by atomic mass is 16.5. The average Bonchev–Trinajstić information content (AvgIpc) is 2.89. The molecule has 1 aromatic rings. The van der Waals surface area contributed by atoms with E-state index in [1.165, 1.54) is 24.9 Å². The molecule has 1 aliphatic heterocycles. The second-order valence-electron chi connectivity index (χ2n) is 4.86. The van der Waals surface area contributed by atoms with Crippen LogP contribution >= 0.6 is 0 Å². The number of hydrogen-bond acceptors (Lipinski definition) is 6. The van der Waals surface area contributed by atoms with Crippen LogP contribution in [0.4, 0.5) is 0 Å². The van der Waals surface area contributed by atoms with Gasteiger partial charge in [0.2, 0.25) is 0 Å². The first-order valence-corrected chi connectivity index (χ1v) is 6.71. The molecule has 0 saturated carbocycles. The lowest BCUT2D eigenvalue weighted by atomic mass is 9.96. The standard InChI is InChI=1S/C15H17NO6/c1-4-8-9(7-11(18)21-2)12(15(20)22-3)13-10(17)5-6-16(13)14(8)19/h4,10,17H,1,5-7H2,2-3H3. The first-order chi connectivity index (χ1) is 10.5. The van der Waals surface area contributed by atoms with Gasteiger partial charge in [-0.15, -0.1) is 0 Å². The van der Waals surface area contributed by atoms with E-state index < -0.39 is 23.6 Å². The van der Waals surface area contributed by atoms with Crippen molar-refractivity contribution in [3.05, 3.63) is 39.3 Å². The molecular weight excluding hydrogens is 290 g/mol. The molecule has 118 valence electrons. The molecule has 2 heterocycles. The van der Waals surface area contributed by atoms with Crippen LogP contribution in [0.2, 0.25) is 0 Å². The number of carbonyl (C=O) groups excluding carboxylic acids is 2. The summed E-state index contributed by atoms with van der Waals surface area (Å²) in [4.78, 5) is 36.2. The highest BCUT2D eigenvalue weighted by Crippen LogP contribution is 2.31. The molecule has 2 rings (SSSR count). The Hall–Kier alpha value is -2.41. The van der Waals surface area contributed by atoms with Crippen LogP contribution in [0.25, 0.3) is 6.08 Å². The van der Waals surface area contributed by atoms with Gasteiger partial charge >= 0.3 is 11.9 Å². The molecule has 0 bridgehead atoms. The van der Waals surface area contributed by atoms with Gasteiger partial charge in [0, 0.05) is 12.1 Å². The van der Waals surface area contributed by atoms with Gasteiger partial charge in [-0.3, -0.25) is 9.59 Å². The maximum atomic E-state index is 12.5. The molecule has 1 atom stereocenters. The Morgan fingerprint density at radius 1 is 1.41 bits per heavy atom. The minimum Gasteiger partial charge on any atom is -0.469 e. The molecule has 7 nitrogen and oxygen atoms in total. The minimum atomic E-state index is -0.961. The average molecular weight is 307 g/mol. The minimum absolute atomic E-state index is 0.0346. The number of esters is 2. The first-order valence-electron chi connectivity index (χ1n) is 6.71. The summed E-state index contributed by atoms with van der Waals surface area (Å²) in [7, 11) is 2.41. The molecule has 1 aromatic heterocycles. The van der Waals surface area contributed by atoms with E-state index in [-0.39, 0.29) is 28.8 Å². The Kier molecular flexibility index (Phi) is 4.46. The number of hydrogen-bond donors (Lipinski definition) is 1. The van der Waals surface area contributed by atoms with Gasteiger partial charge in [-0.25, -0.2) is 4.79 Å². The van der Waals surface area contributed by atoms with Gasteiger partial charge in [0.25, 0.3) is 5.56 Å². The van der Waals surface area contributed by atoms with Crippen molar-refractivity contribution in [2.45, 2.75) is 25.5 Å². The summed E-state index contributed by atoms with van der Waals surface area (Å²) >= 11 is 0. The number of carbonyl (C=O) groups is 2. The van der Waals surface area contributed by atoms with Crippen molar-refractivity contribution in [1.29, 1.82) is 0 Å². The quantitative estimate of drug-likeness (QED) is 0.811. The van der Waals surface area contributed by atoms with Gasteiger partial charge in [0.15, 0.2) is 0 Å². The highest BCUT2D eigenvalue weighted by Gasteiger charge is 2.33. The zero-order chi connectivity index (χ0) is 16.4. The van der Waals surface area contributed by atoms with Crippen LogP contribution < -0.4 is 5.56 Å². The van der Waals surface area contributed by atoms with Gasteiger partial charge in [0.05, 0.1) is 38.0 Å². The second-order valence-corrected chi connectivity index (χ2v) is 4.86. The summed E-state index contributed by atoms with van der Waals surface area (Å²) in [6.07, 6.45) is 0.373. The number of nitrogens with zero attached hydrogens (tertiary/aromatic N) is 1. The summed E-state index contributed by atoms with van der Waals surface area (Å²) in [5, 5.41) is 10.1. The topological polar surface area (TPSA) is 94.8 Å². The van der Waals surface area contributed by atoms with E-state index in [1.54, 1.807) is 0 Å². The fourth-order valence-corrected chi connectivity index (χ4v) is 2.71. The molecule has 0 amide bonds. The lowest BCUT2D eigenvalue weighted by Gasteiger charge is -2.17. The molecule has 7 heteroatoms. The van der Waals surface area contributed by atoms with Crippen molar-refractivity contribution in [2.75, 3.05) is 14.2 Å². The largest absolute Gasteiger partial charge is 0.469 e. The Morgan fingerprint density at radius 3 is 2.64 bits per heavy atom. The lowest BCUT2D eigenvalue weighted by molar-refractivity contribution is -0.139. The number of pyridine rings is 1.